The molecule has 0 unspecified atom stereocenters. The summed E-state index contributed by atoms with van der Waals surface area (Å²) in [4.78, 5) is 21.5. The minimum Gasteiger partial charge on any atom is -0.485 e. The van der Waals surface area contributed by atoms with Gasteiger partial charge in [-0.3, -0.25) is 10.1 Å². The molecule has 0 saturated heterocycles. The van der Waals surface area contributed by atoms with Gasteiger partial charge in [0.05, 0.1) is 11.3 Å². The smallest absolute Gasteiger partial charge is 0.261 e. The number of carbonyl (C=O) groups excluding carboxylic acids is 1. The number of amides is 1. The Labute approximate surface area is 184 Å². The molecular weight excluding hydrogens is 412 g/mol. The monoisotopic (exact) mass is 434 g/mol. The summed E-state index contributed by atoms with van der Waals surface area (Å²) in [7, 11) is 0. The first-order valence-corrected chi connectivity index (χ1v) is 10.9. The molecule has 0 atom stereocenters. The minimum absolute atomic E-state index is 0.108. The van der Waals surface area contributed by atoms with Crippen LogP contribution >= 0.6 is 11.3 Å². The van der Waals surface area contributed by atoms with Crippen molar-refractivity contribution in [2.24, 2.45) is 0 Å². The zero-order valence-electron chi connectivity index (χ0n) is 17.3. The van der Waals surface area contributed by atoms with E-state index in [0.29, 0.717) is 28.2 Å². The Morgan fingerprint density at radius 1 is 1.13 bits per heavy atom. The van der Waals surface area contributed by atoms with Gasteiger partial charge >= 0.3 is 0 Å². The predicted octanol–water partition coefficient (Wildman–Crippen LogP) is 5.29. The molecule has 0 aliphatic heterocycles. The fourth-order valence-electron chi connectivity index (χ4n) is 3.08. The number of thiazole rings is 1. The molecule has 0 spiro atoms. The summed E-state index contributed by atoms with van der Waals surface area (Å²) in [5, 5.41) is 9.13. The molecule has 0 aliphatic rings. The number of aromatic nitrogens is 3. The van der Waals surface area contributed by atoms with Gasteiger partial charge in [0.2, 0.25) is 11.7 Å². The van der Waals surface area contributed by atoms with Crippen molar-refractivity contribution < 1.29 is 14.1 Å². The first-order chi connectivity index (χ1) is 15.1. The van der Waals surface area contributed by atoms with Crippen molar-refractivity contribution in [3.05, 3.63) is 76.8 Å². The Balaban J connectivity index is 1.44. The van der Waals surface area contributed by atoms with E-state index in [9.17, 15) is 4.79 Å². The third-order valence-corrected chi connectivity index (χ3v) is 5.33. The van der Waals surface area contributed by atoms with E-state index in [1.807, 2.05) is 5.38 Å². The number of nitrogens with zero attached hydrogens (tertiary/aromatic N) is 3. The Hall–Kier alpha value is -3.52. The van der Waals surface area contributed by atoms with Crippen LogP contribution in [0.4, 0.5) is 5.13 Å². The summed E-state index contributed by atoms with van der Waals surface area (Å²) in [5.74, 6) is 1.02. The van der Waals surface area contributed by atoms with Crippen LogP contribution in [0.25, 0.3) is 11.3 Å². The molecule has 31 heavy (non-hydrogen) atoms. The fourth-order valence-corrected chi connectivity index (χ4v) is 3.80. The average Bonchev–Trinajstić information content (AvgIpc) is 3.42. The van der Waals surface area contributed by atoms with Gasteiger partial charge in [0.25, 0.3) is 5.91 Å². The van der Waals surface area contributed by atoms with Gasteiger partial charge in [-0.2, -0.15) is 4.98 Å². The van der Waals surface area contributed by atoms with Crippen LogP contribution in [0, 0.1) is 6.92 Å². The van der Waals surface area contributed by atoms with Crippen LogP contribution in [0.15, 0.2) is 58.4 Å². The van der Waals surface area contributed by atoms with Crippen LogP contribution in [0.1, 0.15) is 41.0 Å². The van der Waals surface area contributed by atoms with Crippen LogP contribution in [0.2, 0.25) is 0 Å². The second-order valence-electron chi connectivity index (χ2n) is 6.95. The number of rotatable bonds is 8. The quantitative estimate of drug-likeness (QED) is 0.405. The van der Waals surface area contributed by atoms with Crippen LogP contribution < -0.4 is 10.1 Å². The molecule has 1 amide bonds. The first kappa shape index (κ1) is 20.7. The maximum Gasteiger partial charge on any atom is 0.261 e. The number of ether oxygens (including phenoxy) is 1. The molecule has 7 nitrogen and oxygen atoms in total. The van der Waals surface area contributed by atoms with Crippen LogP contribution in [-0.2, 0) is 13.0 Å². The summed E-state index contributed by atoms with van der Waals surface area (Å²) in [6.45, 7) is 3.98. The number of para-hydroxylation sites is 1. The van der Waals surface area contributed by atoms with Gasteiger partial charge in [-0.25, -0.2) is 4.98 Å². The van der Waals surface area contributed by atoms with Gasteiger partial charge in [-0.05, 0) is 24.1 Å². The van der Waals surface area contributed by atoms with E-state index in [0.717, 1.165) is 24.1 Å². The highest BCUT2D eigenvalue weighted by molar-refractivity contribution is 7.14. The lowest BCUT2D eigenvalue weighted by Gasteiger charge is -2.09. The highest BCUT2D eigenvalue weighted by Crippen LogP contribution is 2.27. The van der Waals surface area contributed by atoms with E-state index in [-0.39, 0.29) is 12.5 Å². The van der Waals surface area contributed by atoms with Crippen molar-refractivity contribution in [3.63, 3.8) is 0 Å². The topological polar surface area (TPSA) is 90.1 Å². The number of hydrogen-bond donors (Lipinski definition) is 1. The number of nitrogens with one attached hydrogen (secondary N) is 1. The van der Waals surface area contributed by atoms with Crippen molar-refractivity contribution in [2.45, 2.75) is 33.3 Å². The SMILES string of the molecule is CCCc1ccc(-c2csc(NC(=O)c3ccccc3OCc3noc(C)n3)n2)cc1. The zero-order valence-corrected chi connectivity index (χ0v) is 18.1. The van der Waals surface area contributed by atoms with E-state index in [2.05, 4.69) is 51.6 Å². The second-order valence-corrected chi connectivity index (χ2v) is 7.81. The van der Waals surface area contributed by atoms with Gasteiger partial charge in [-0.15, -0.1) is 11.3 Å². The summed E-state index contributed by atoms with van der Waals surface area (Å²) in [6.07, 6.45) is 2.18. The van der Waals surface area contributed by atoms with Gasteiger partial charge in [0.15, 0.2) is 11.7 Å². The maximum atomic E-state index is 12.8. The van der Waals surface area contributed by atoms with Crippen LogP contribution in [0.5, 0.6) is 5.75 Å². The van der Waals surface area contributed by atoms with E-state index in [4.69, 9.17) is 9.26 Å². The Bertz CT molecular complexity index is 1170. The summed E-state index contributed by atoms with van der Waals surface area (Å²) < 4.78 is 10.7. The number of benzene rings is 2. The van der Waals surface area contributed by atoms with E-state index in [1.54, 1.807) is 31.2 Å². The lowest BCUT2D eigenvalue weighted by Crippen LogP contribution is -2.13. The van der Waals surface area contributed by atoms with Gasteiger partial charge < -0.3 is 9.26 Å². The molecule has 158 valence electrons. The van der Waals surface area contributed by atoms with E-state index < -0.39 is 0 Å². The Morgan fingerprint density at radius 3 is 2.68 bits per heavy atom. The average molecular weight is 435 g/mol. The molecule has 4 rings (SSSR count). The number of anilines is 1. The Kier molecular flexibility index (Phi) is 6.37. The molecule has 8 heteroatoms. The largest absolute Gasteiger partial charge is 0.485 e. The molecule has 1 N–H and O–H groups in total. The first-order valence-electron chi connectivity index (χ1n) is 9.99. The van der Waals surface area contributed by atoms with Gasteiger partial charge in [0, 0.05) is 17.9 Å². The van der Waals surface area contributed by atoms with Crippen molar-refractivity contribution in [2.75, 3.05) is 5.32 Å². The maximum absolute atomic E-state index is 12.8. The normalized spacial score (nSPS) is 10.8. The molecular formula is C23H22N4O3S. The fraction of sp³-hybridized carbons (Fsp3) is 0.217. The van der Waals surface area contributed by atoms with Crippen LogP contribution in [-0.4, -0.2) is 21.0 Å². The number of aryl methyl sites for hydroxylation is 2. The molecule has 0 saturated carbocycles. The van der Waals surface area contributed by atoms with Gasteiger partial charge in [0.1, 0.15) is 5.75 Å². The van der Waals surface area contributed by atoms with Gasteiger partial charge in [-0.1, -0.05) is 54.9 Å². The number of carbonyl (C=O) groups is 1. The van der Waals surface area contributed by atoms with E-state index >= 15 is 0 Å². The molecule has 0 aliphatic carbocycles. The lowest BCUT2D eigenvalue weighted by molar-refractivity contribution is 0.102. The van der Waals surface area contributed by atoms with Crippen LogP contribution in [0.3, 0.4) is 0 Å². The highest BCUT2D eigenvalue weighted by Gasteiger charge is 2.15. The molecule has 4 aromatic rings. The number of hydrogen-bond acceptors (Lipinski definition) is 7. The second kappa shape index (κ2) is 9.53. The summed E-state index contributed by atoms with van der Waals surface area (Å²) in [5.41, 5.74) is 3.57. The standard InChI is InChI=1S/C23H22N4O3S/c1-3-6-16-9-11-17(12-10-16)19-14-31-23(25-19)26-22(28)18-7-4-5-8-20(18)29-13-21-24-15(2)30-27-21/h4-5,7-12,14H,3,6,13H2,1-2H3,(H,25,26,28). The molecule has 0 bridgehead atoms. The zero-order chi connectivity index (χ0) is 21.6. The van der Waals surface area contributed by atoms with Crippen molar-refractivity contribution in [1.29, 1.82) is 0 Å². The lowest BCUT2D eigenvalue weighted by atomic mass is 10.1. The highest BCUT2D eigenvalue weighted by atomic mass is 32.1. The predicted molar refractivity (Wildman–Crippen MR) is 119 cm³/mol. The van der Waals surface area contributed by atoms with Crippen molar-refractivity contribution in [1.82, 2.24) is 15.1 Å². The third kappa shape index (κ3) is 5.16. The van der Waals surface area contributed by atoms with Crippen molar-refractivity contribution in [3.8, 4) is 17.0 Å². The van der Waals surface area contributed by atoms with Crippen molar-refractivity contribution >= 4 is 22.4 Å². The van der Waals surface area contributed by atoms with E-state index in [1.165, 1.54) is 16.9 Å². The molecule has 2 heterocycles. The molecule has 0 radical (unpaired) electrons. The summed E-state index contributed by atoms with van der Waals surface area (Å²) in [6, 6.07) is 15.4. The molecule has 2 aromatic carbocycles. The molecule has 0 fully saturated rings. The molecule has 2 aromatic heterocycles. The third-order valence-electron chi connectivity index (χ3n) is 4.57. The summed E-state index contributed by atoms with van der Waals surface area (Å²) >= 11 is 1.38. The Morgan fingerprint density at radius 2 is 1.94 bits per heavy atom. The minimum atomic E-state index is -0.293.